The molecule has 0 saturated heterocycles. The fraction of sp³-hybridized carbons (Fsp3) is 0.600. The molecule has 1 aliphatic rings. The Balaban J connectivity index is 1.86. The van der Waals surface area contributed by atoms with Crippen molar-refractivity contribution in [3.8, 4) is 5.75 Å². The Labute approximate surface area is 104 Å². The van der Waals surface area contributed by atoms with E-state index in [1.54, 1.807) is 0 Å². The van der Waals surface area contributed by atoms with Crippen LogP contribution in [0.3, 0.4) is 0 Å². The predicted octanol–water partition coefficient (Wildman–Crippen LogP) is 3.02. The molecule has 0 spiro atoms. The van der Waals surface area contributed by atoms with Crippen molar-refractivity contribution in [2.45, 2.75) is 39.2 Å². The van der Waals surface area contributed by atoms with Crippen LogP contribution in [0.5, 0.6) is 5.75 Å². The highest BCUT2D eigenvalue weighted by molar-refractivity contribution is 5.33. The Morgan fingerprint density at radius 3 is 2.82 bits per heavy atom. The molecule has 0 aliphatic heterocycles. The van der Waals surface area contributed by atoms with Gasteiger partial charge in [-0.15, -0.1) is 0 Å². The molecule has 1 aromatic carbocycles. The molecular formula is C15H23NO. The number of hydrogen-bond acceptors (Lipinski definition) is 2. The molecule has 1 aliphatic carbocycles. The van der Waals surface area contributed by atoms with E-state index in [-0.39, 0.29) is 0 Å². The highest BCUT2D eigenvalue weighted by Gasteiger charge is 2.21. The lowest BCUT2D eigenvalue weighted by Crippen LogP contribution is -2.24. The van der Waals surface area contributed by atoms with Crippen LogP contribution in [0.25, 0.3) is 0 Å². The van der Waals surface area contributed by atoms with Crippen LogP contribution >= 0.6 is 0 Å². The maximum atomic E-state index is 5.66. The summed E-state index contributed by atoms with van der Waals surface area (Å²) < 4.78 is 5.66. The Hall–Kier alpha value is -1.02. The van der Waals surface area contributed by atoms with Crippen LogP contribution in [0.2, 0.25) is 0 Å². The van der Waals surface area contributed by atoms with Crippen molar-refractivity contribution in [1.29, 1.82) is 0 Å². The summed E-state index contributed by atoms with van der Waals surface area (Å²) in [7, 11) is 0. The highest BCUT2D eigenvalue weighted by atomic mass is 16.5. The maximum absolute atomic E-state index is 5.66. The molecule has 0 radical (unpaired) electrons. The Kier molecular flexibility index (Phi) is 4.43. The van der Waals surface area contributed by atoms with Crippen molar-refractivity contribution in [3.05, 3.63) is 29.8 Å². The largest absolute Gasteiger partial charge is 0.494 e. The number of rotatable bonds is 7. The molecule has 1 N–H and O–H groups in total. The molecule has 17 heavy (non-hydrogen) atoms. The van der Waals surface area contributed by atoms with Gasteiger partial charge in [0.15, 0.2) is 0 Å². The SMILES string of the molecule is CCOc1ccccc1CC(C)CNC1CC1. The summed E-state index contributed by atoms with van der Waals surface area (Å²) in [4.78, 5) is 0. The van der Waals surface area contributed by atoms with Crippen molar-refractivity contribution >= 4 is 0 Å². The second-order valence-corrected chi connectivity index (χ2v) is 5.03. The monoisotopic (exact) mass is 233 g/mol. The predicted molar refractivity (Wildman–Crippen MR) is 71.5 cm³/mol. The molecule has 2 nitrogen and oxygen atoms in total. The minimum Gasteiger partial charge on any atom is -0.494 e. The molecule has 1 unspecified atom stereocenters. The van der Waals surface area contributed by atoms with E-state index in [4.69, 9.17) is 4.74 Å². The molecule has 0 aromatic heterocycles. The van der Waals surface area contributed by atoms with Gasteiger partial charge < -0.3 is 10.1 Å². The molecule has 1 aromatic rings. The van der Waals surface area contributed by atoms with Gasteiger partial charge in [-0.3, -0.25) is 0 Å². The second kappa shape index (κ2) is 6.06. The normalized spacial score (nSPS) is 16.8. The van der Waals surface area contributed by atoms with E-state index >= 15 is 0 Å². The fourth-order valence-corrected chi connectivity index (χ4v) is 2.07. The molecule has 2 rings (SSSR count). The van der Waals surface area contributed by atoms with Crippen LogP contribution in [0.15, 0.2) is 24.3 Å². The summed E-state index contributed by atoms with van der Waals surface area (Å²) in [5.41, 5.74) is 1.33. The van der Waals surface area contributed by atoms with Crippen molar-refractivity contribution in [3.63, 3.8) is 0 Å². The summed E-state index contributed by atoms with van der Waals surface area (Å²) in [6, 6.07) is 9.19. The minimum absolute atomic E-state index is 0.664. The van der Waals surface area contributed by atoms with Gasteiger partial charge in [-0.25, -0.2) is 0 Å². The smallest absolute Gasteiger partial charge is 0.122 e. The molecular weight excluding hydrogens is 210 g/mol. The maximum Gasteiger partial charge on any atom is 0.122 e. The van der Waals surface area contributed by atoms with Crippen molar-refractivity contribution in [2.24, 2.45) is 5.92 Å². The first-order valence-electron chi connectivity index (χ1n) is 6.73. The Morgan fingerprint density at radius 2 is 2.12 bits per heavy atom. The van der Waals surface area contributed by atoms with E-state index in [0.717, 1.165) is 31.4 Å². The van der Waals surface area contributed by atoms with Crippen molar-refractivity contribution in [2.75, 3.05) is 13.2 Å². The van der Waals surface area contributed by atoms with E-state index < -0.39 is 0 Å². The van der Waals surface area contributed by atoms with E-state index in [1.807, 2.05) is 13.0 Å². The van der Waals surface area contributed by atoms with Gasteiger partial charge in [0, 0.05) is 6.04 Å². The zero-order valence-electron chi connectivity index (χ0n) is 10.9. The lowest BCUT2D eigenvalue weighted by atomic mass is 10.0. The third-order valence-corrected chi connectivity index (χ3v) is 3.17. The average molecular weight is 233 g/mol. The molecule has 1 saturated carbocycles. The Morgan fingerprint density at radius 1 is 1.35 bits per heavy atom. The minimum atomic E-state index is 0.664. The number of hydrogen-bond donors (Lipinski definition) is 1. The summed E-state index contributed by atoms with van der Waals surface area (Å²) in [6.07, 6.45) is 3.82. The van der Waals surface area contributed by atoms with Gasteiger partial charge >= 0.3 is 0 Å². The van der Waals surface area contributed by atoms with E-state index in [2.05, 4.69) is 30.4 Å². The first kappa shape index (κ1) is 12.4. The van der Waals surface area contributed by atoms with Crippen LogP contribution in [-0.4, -0.2) is 19.2 Å². The van der Waals surface area contributed by atoms with Gasteiger partial charge in [0.05, 0.1) is 6.61 Å². The molecule has 0 heterocycles. The number of nitrogens with one attached hydrogen (secondary N) is 1. The van der Waals surface area contributed by atoms with E-state index in [1.165, 1.54) is 18.4 Å². The zero-order chi connectivity index (χ0) is 12.1. The highest BCUT2D eigenvalue weighted by Crippen LogP contribution is 2.22. The lowest BCUT2D eigenvalue weighted by Gasteiger charge is -2.15. The molecule has 1 fully saturated rings. The quantitative estimate of drug-likeness (QED) is 0.781. The Bertz CT molecular complexity index is 347. The average Bonchev–Trinajstić information content (AvgIpc) is 3.13. The van der Waals surface area contributed by atoms with Gasteiger partial charge in [0.25, 0.3) is 0 Å². The van der Waals surface area contributed by atoms with E-state index in [0.29, 0.717) is 5.92 Å². The molecule has 1 atom stereocenters. The van der Waals surface area contributed by atoms with Gasteiger partial charge in [0.1, 0.15) is 5.75 Å². The van der Waals surface area contributed by atoms with Crippen molar-refractivity contribution in [1.82, 2.24) is 5.32 Å². The van der Waals surface area contributed by atoms with Crippen LogP contribution in [0.4, 0.5) is 0 Å². The second-order valence-electron chi connectivity index (χ2n) is 5.03. The summed E-state index contributed by atoms with van der Waals surface area (Å²) in [5, 5.41) is 3.59. The summed E-state index contributed by atoms with van der Waals surface area (Å²) in [6.45, 7) is 6.20. The lowest BCUT2D eigenvalue weighted by molar-refractivity contribution is 0.334. The zero-order valence-corrected chi connectivity index (χ0v) is 10.9. The van der Waals surface area contributed by atoms with Crippen LogP contribution < -0.4 is 10.1 Å². The van der Waals surface area contributed by atoms with E-state index in [9.17, 15) is 0 Å². The summed E-state index contributed by atoms with van der Waals surface area (Å²) >= 11 is 0. The number of para-hydroxylation sites is 1. The fourth-order valence-electron chi connectivity index (χ4n) is 2.07. The standard InChI is InChI=1S/C15H23NO/c1-3-17-15-7-5-4-6-13(15)10-12(2)11-16-14-8-9-14/h4-7,12,14,16H,3,8-11H2,1-2H3. The van der Waals surface area contributed by atoms with Gasteiger partial charge in [-0.2, -0.15) is 0 Å². The van der Waals surface area contributed by atoms with Crippen LogP contribution in [0.1, 0.15) is 32.3 Å². The topological polar surface area (TPSA) is 21.3 Å². The first-order valence-corrected chi connectivity index (χ1v) is 6.73. The van der Waals surface area contributed by atoms with Gasteiger partial charge in [-0.1, -0.05) is 25.1 Å². The number of ether oxygens (including phenoxy) is 1. The first-order chi connectivity index (χ1) is 8.29. The molecule has 0 bridgehead atoms. The number of benzene rings is 1. The third-order valence-electron chi connectivity index (χ3n) is 3.17. The van der Waals surface area contributed by atoms with Crippen LogP contribution in [-0.2, 0) is 6.42 Å². The van der Waals surface area contributed by atoms with Crippen LogP contribution in [0, 0.1) is 5.92 Å². The molecule has 0 amide bonds. The third kappa shape index (κ3) is 4.04. The summed E-state index contributed by atoms with van der Waals surface area (Å²) in [5.74, 6) is 1.71. The van der Waals surface area contributed by atoms with Crippen molar-refractivity contribution < 1.29 is 4.74 Å². The molecule has 2 heteroatoms. The van der Waals surface area contributed by atoms with Gasteiger partial charge in [0.2, 0.25) is 0 Å². The van der Waals surface area contributed by atoms with Gasteiger partial charge in [-0.05, 0) is 50.3 Å². The molecule has 94 valence electrons.